The molecular formula is C14H24N2. The fourth-order valence-electron chi connectivity index (χ4n) is 4.61. The number of nitrogens with one attached hydrogen (secondary N) is 1. The van der Waals surface area contributed by atoms with E-state index in [9.17, 15) is 0 Å². The first-order valence-corrected chi connectivity index (χ1v) is 6.93. The van der Waals surface area contributed by atoms with Crippen LogP contribution in [0, 0.1) is 29.6 Å². The number of hydrogen-bond acceptors (Lipinski definition) is 2. The highest BCUT2D eigenvalue weighted by Crippen LogP contribution is 2.58. The molecule has 0 radical (unpaired) electrons. The molecule has 6 unspecified atom stereocenters. The molecule has 6 atom stereocenters. The van der Waals surface area contributed by atoms with Crippen molar-refractivity contribution < 1.29 is 0 Å². The summed E-state index contributed by atoms with van der Waals surface area (Å²) in [7, 11) is 0. The lowest BCUT2D eigenvalue weighted by Gasteiger charge is -2.37. The van der Waals surface area contributed by atoms with Crippen LogP contribution in [0.1, 0.15) is 26.2 Å². The van der Waals surface area contributed by atoms with Crippen molar-refractivity contribution in [1.82, 2.24) is 5.32 Å². The summed E-state index contributed by atoms with van der Waals surface area (Å²) in [5, 5.41) is 3.76. The van der Waals surface area contributed by atoms with Crippen molar-refractivity contribution >= 4 is 0 Å². The molecule has 0 aliphatic heterocycles. The van der Waals surface area contributed by atoms with Crippen LogP contribution in [-0.4, -0.2) is 19.1 Å². The van der Waals surface area contributed by atoms with E-state index in [0.29, 0.717) is 0 Å². The lowest BCUT2D eigenvalue weighted by molar-refractivity contribution is 0.167. The zero-order valence-electron chi connectivity index (χ0n) is 10.2. The van der Waals surface area contributed by atoms with Crippen LogP contribution in [-0.2, 0) is 0 Å². The fraction of sp³-hybridized carbons (Fsp3) is 0.857. The van der Waals surface area contributed by atoms with E-state index in [0.717, 1.165) is 55.1 Å². The normalized spacial score (nSPS) is 48.9. The summed E-state index contributed by atoms with van der Waals surface area (Å²) in [4.78, 5) is 0. The Balaban J connectivity index is 1.65. The Labute approximate surface area is 98.7 Å². The molecule has 3 N–H and O–H groups in total. The van der Waals surface area contributed by atoms with E-state index in [2.05, 4.69) is 24.4 Å². The Morgan fingerprint density at radius 2 is 2.19 bits per heavy atom. The summed E-state index contributed by atoms with van der Waals surface area (Å²) in [5.74, 6) is 4.68. The molecule has 0 aromatic heterocycles. The van der Waals surface area contributed by atoms with E-state index in [-0.39, 0.29) is 0 Å². The number of rotatable bonds is 4. The van der Waals surface area contributed by atoms with E-state index in [4.69, 9.17) is 5.73 Å². The number of fused-ring (bicyclic) bond motifs is 5. The molecule has 0 saturated heterocycles. The first-order chi connectivity index (χ1) is 7.83. The molecule has 2 heteroatoms. The van der Waals surface area contributed by atoms with Crippen LogP contribution in [0.4, 0.5) is 0 Å². The van der Waals surface area contributed by atoms with Crippen molar-refractivity contribution in [2.75, 3.05) is 13.1 Å². The molecule has 16 heavy (non-hydrogen) atoms. The van der Waals surface area contributed by atoms with E-state index in [1.165, 1.54) is 12.8 Å². The van der Waals surface area contributed by atoms with Gasteiger partial charge in [0, 0.05) is 6.04 Å². The second kappa shape index (κ2) is 4.15. The number of hydrogen-bond donors (Lipinski definition) is 2. The summed E-state index contributed by atoms with van der Waals surface area (Å²) in [5.41, 5.74) is 5.56. The highest BCUT2D eigenvalue weighted by molar-refractivity contribution is 5.17. The SMILES string of the molecule is CC1C2CC(C3C=CCC32)C1NCCCN. The largest absolute Gasteiger partial charge is 0.330 e. The van der Waals surface area contributed by atoms with Crippen LogP contribution in [0.25, 0.3) is 0 Å². The van der Waals surface area contributed by atoms with E-state index in [1.807, 2.05) is 0 Å². The van der Waals surface area contributed by atoms with Gasteiger partial charge in [-0.1, -0.05) is 19.1 Å². The molecule has 3 rings (SSSR count). The molecule has 2 nitrogen and oxygen atoms in total. The summed E-state index contributed by atoms with van der Waals surface area (Å²) >= 11 is 0. The van der Waals surface area contributed by atoms with Gasteiger partial charge in [0.1, 0.15) is 0 Å². The predicted octanol–water partition coefficient (Wildman–Crippen LogP) is 1.77. The number of allylic oxidation sites excluding steroid dienone is 2. The smallest absolute Gasteiger partial charge is 0.0129 e. The van der Waals surface area contributed by atoms with Crippen LogP contribution >= 0.6 is 0 Å². The minimum Gasteiger partial charge on any atom is -0.330 e. The zero-order valence-corrected chi connectivity index (χ0v) is 10.2. The van der Waals surface area contributed by atoms with Crippen LogP contribution in [0.2, 0.25) is 0 Å². The van der Waals surface area contributed by atoms with Crippen molar-refractivity contribution in [2.45, 2.75) is 32.2 Å². The Kier molecular flexibility index (Phi) is 2.80. The molecular weight excluding hydrogens is 196 g/mol. The van der Waals surface area contributed by atoms with Crippen molar-refractivity contribution in [2.24, 2.45) is 35.3 Å². The predicted molar refractivity (Wildman–Crippen MR) is 67.0 cm³/mol. The van der Waals surface area contributed by atoms with Gasteiger partial charge in [0.05, 0.1) is 0 Å². The van der Waals surface area contributed by atoms with Gasteiger partial charge in [-0.3, -0.25) is 0 Å². The van der Waals surface area contributed by atoms with Gasteiger partial charge < -0.3 is 11.1 Å². The third kappa shape index (κ3) is 1.46. The second-order valence-electron chi connectivity index (χ2n) is 5.95. The molecule has 3 aliphatic carbocycles. The summed E-state index contributed by atoms with van der Waals surface area (Å²) in [6, 6.07) is 0.764. The summed E-state index contributed by atoms with van der Waals surface area (Å²) in [6.45, 7) is 4.38. The molecule has 2 fully saturated rings. The van der Waals surface area contributed by atoms with Gasteiger partial charge in [0.2, 0.25) is 0 Å². The Bertz CT molecular complexity index is 286. The molecule has 3 aliphatic rings. The molecule has 0 aromatic rings. The monoisotopic (exact) mass is 220 g/mol. The topological polar surface area (TPSA) is 38.0 Å². The van der Waals surface area contributed by atoms with E-state index < -0.39 is 0 Å². The molecule has 2 saturated carbocycles. The first kappa shape index (κ1) is 10.8. The average Bonchev–Trinajstić information content (AvgIpc) is 2.90. The van der Waals surface area contributed by atoms with Crippen molar-refractivity contribution in [3.05, 3.63) is 12.2 Å². The first-order valence-electron chi connectivity index (χ1n) is 6.93. The number of nitrogens with two attached hydrogens (primary N) is 1. The molecule has 0 aromatic carbocycles. The van der Waals surface area contributed by atoms with Gasteiger partial charge in [-0.25, -0.2) is 0 Å². The Morgan fingerprint density at radius 3 is 3.00 bits per heavy atom. The fourth-order valence-corrected chi connectivity index (χ4v) is 4.61. The molecule has 0 amide bonds. The molecule has 0 heterocycles. The van der Waals surface area contributed by atoms with Gasteiger partial charge >= 0.3 is 0 Å². The van der Waals surface area contributed by atoms with Crippen molar-refractivity contribution in [3.8, 4) is 0 Å². The molecule has 90 valence electrons. The Morgan fingerprint density at radius 1 is 1.31 bits per heavy atom. The Hall–Kier alpha value is -0.340. The van der Waals surface area contributed by atoms with E-state index >= 15 is 0 Å². The van der Waals surface area contributed by atoms with Crippen LogP contribution in [0.5, 0.6) is 0 Å². The average molecular weight is 220 g/mol. The summed E-state index contributed by atoms with van der Waals surface area (Å²) < 4.78 is 0. The zero-order chi connectivity index (χ0) is 11.1. The minimum absolute atomic E-state index is 0.764. The van der Waals surface area contributed by atoms with E-state index in [1.54, 1.807) is 0 Å². The van der Waals surface area contributed by atoms with Crippen LogP contribution in [0.15, 0.2) is 12.2 Å². The molecule has 2 bridgehead atoms. The van der Waals surface area contributed by atoms with Gasteiger partial charge in [-0.2, -0.15) is 0 Å². The lowest BCUT2D eigenvalue weighted by atomic mass is 9.73. The third-order valence-corrected chi connectivity index (χ3v) is 5.31. The third-order valence-electron chi connectivity index (χ3n) is 5.31. The maximum atomic E-state index is 5.56. The molecule has 0 spiro atoms. The van der Waals surface area contributed by atoms with Crippen molar-refractivity contribution in [1.29, 1.82) is 0 Å². The second-order valence-corrected chi connectivity index (χ2v) is 5.95. The van der Waals surface area contributed by atoms with Crippen molar-refractivity contribution in [3.63, 3.8) is 0 Å². The van der Waals surface area contributed by atoms with Gasteiger partial charge in [-0.05, 0) is 61.9 Å². The van der Waals surface area contributed by atoms with Gasteiger partial charge in [0.15, 0.2) is 0 Å². The van der Waals surface area contributed by atoms with Gasteiger partial charge in [-0.15, -0.1) is 0 Å². The highest BCUT2D eigenvalue weighted by Gasteiger charge is 2.55. The van der Waals surface area contributed by atoms with Crippen LogP contribution < -0.4 is 11.1 Å². The minimum atomic E-state index is 0.764. The van der Waals surface area contributed by atoms with Crippen LogP contribution in [0.3, 0.4) is 0 Å². The maximum absolute atomic E-state index is 5.56. The maximum Gasteiger partial charge on any atom is 0.0129 e. The quantitative estimate of drug-likeness (QED) is 0.560. The van der Waals surface area contributed by atoms with Gasteiger partial charge in [0.25, 0.3) is 0 Å². The summed E-state index contributed by atoms with van der Waals surface area (Å²) in [6.07, 6.45) is 8.86. The lowest BCUT2D eigenvalue weighted by Crippen LogP contribution is -2.45. The standard InChI is InChI=1S/C14H24N2/c1-9-12-8-13(11-5-2-4-10(11)12)14(9)16-7-3-6-15/h2,5,9-14,16H,3-4,6-8,15H2,1H3. The highest BCUT2D eigenvalue weighted by atomic mass is 15.0.